The summed E-state index contributed by atoms with van der Waals surface area (Å²) in [6.45, 7) is 4.52. The van der Waals surface area contributed by atoms with Crippen molar-refractivity contribution in [3.8, 4) is 11.5 Å². The molecule has 1 saturated heterocycles. The van der Waals surface area contributed by atoms with Crippen molar-refractivity contribution in [2.75, 3.05) is 73.0 Å². The molecule has 0 radical (unpaired) electrons. The summed E-state index contributed by atoms with van der Waals surface area (Å²) in [5.41, 5.74) is 2.89. The van der Waals surface area contributed by atoms with Gasteiger partial charge in [-0.05, 0) is 36.9 Å². The number of amides is 1. The van der Waals surface area contributed by atoms with Crippen LogP contribution < -0.4 is 19.7 Å². The van der Waals surface area contributed by atoms with Crippen LogP contribution in [0.25, 0.3) is 0 Å². The smallest absolute Gasteiger partial charge is 0.251 e. The summed E-state index contributed by atoms with van der Waals surface area (Å²) in [6.07, 6.45) is 0. The minimum absolute atomic E-state index is 0.112. The summed E-state index contributed by atoms with van der Waals surface area (Å²) < 4.78 is 10.6. The van der Waals surface area contributed by atoms with Crippen LogP contribution in [0.4, 0.5) is 5.69 Å². The molecular weight excluding hydrogens is 392 g/mol. The second kappa shape index (κ2) is 10.5. The normalized spacial score (nSPS) is 15.9. The molecule has 0 spiro atoms. The summed E-state index contributed by atoms with van der Waals surface area (Å²) in [5, 5.41) is 3.13. The summed E-state index contributed by atoms with van der Waals surface area (Å²) in [4.78, 5) is 19.8. The molecule has 0 saturated carbocycles. The van der Waals surface area contributed by atoms with Crippen LogP contribution in [0.1, 0.15) is 22.0 Å². The molecule has 2 aromatic carbocycles. The van der Waals surface area contributed by atoms with Crippen molar-refractivity contribution < 1.29 is 14.3 Å². The monoisotopic (exact) mass is 426 g/mol. The Morgan fingerprint density at radius 2 is 1.58 bits per heavy atom. The Kier molecular flexibility index (Phi) is 7.76. The van der Waals surface area contributed by atoms with Gasteiger partial charge in [0.2, 0.25) is 0 Å². The minimum Gasteiger partial charge on any atom is -0.497 e. The highest BCUT2D eigenvalue weighted by molar-refractivity contribution is 5.95. The van der Waals surface area contributed by atoms with E-state index in [-0.39, 0.29) is 11.9 Å². The van der Waals surface area contributed by atoms with Crippen molar-refractivity contribution in [2.24, 2.45) is 0 Å². The number of ether oxygens (including phenoxy) is 2. The van der Waals surface area contributed by atoms with E-state index in [2.05, 4.69) is 51.3 Å². The Hall–Kier alpha value is -2.77. The molecule has 0 aliphatic carbocycles. The molecule has 1 aliphatic heterocycles. The van der Waals surface area contributed by atoms with Crippen LogP contribution >= 0.6 is 0 Å². The molecule has 1 aliphatic rings. The predicted molar refractivity (Wildman–Crippen MR) is 124 cm³/mol. The number of rotatable bonds is 8. The highest BCUT2D eigenvalue weighted by atomic mass is 16.5. The first-order valence-corrected chi connectivity index (χ1v) is 10.6. The SMILES string of the molecule is COc1cc(OC)cc(C(=O)NC[C@@H](c2ccc(N(C)C)cc2)N2CCN(C)CC2)c1. The van der Waals surface area contributed by atoms with Gasteiger partial charge in [0.1, 0.15) is 11.5 Å². The number of hydrogen-bond acceptors (Lipinski definition) is 6. The lowest BCUT2D eigenvalue weighted by Crippen LogP contribution is -2.48. The fourth-order valence-corrected chi connectivity index (χ4v) is 3.82. The van der Waals surface area contributed by atoms with Gasteiger partial charge in [0.25, 0.3) is 5.91 Å². The van der Waals surface area contributed by atoms with Crippen molar-refractivity contribution in [3.05, 3.63) is 53.6 Å². The van der Waals surface area contributed by atoms with Gasteiger partial charge in [-0.3, -0.25) is 9.69 Å². The number of carbonyl (C=O) groups is 1. The van der Waals surface area contributed by atoms with Crippen LogP contribution in [0, 0.1) is 0 Å². The van der Waals surface area contributed by atoms with Gasteiger partial charge in [-0.15, -0.1) is 0 Å². The lowest BCUT2D eigenvalue weighted by molar-refractivity contribution is 0.0885. The van der Waals surface area contributed by atoms with E-state index in [1.807, 2.05) is 14.1 Å². The Morgan fingerprint density at radius 3 is 2.10 bits per heavy atom. The molecule has 1 heterocycles. The molecule has 2 aromatic rings. The van der Waals surface area contributed by atoms with Gasteiger partial charge in [-0.2, -0.15) is 0 Å². The van der Waals surface area contributed by atoms with Crippen molar-refractivity contribution in [1.29, 1.82) is 0 Å². The fraction of sp³-hybridized carbons (Fsp3) is 0.458. The van der Waals surface area contributed by atoms with Crippen molar-refractivity contribution in [1.82, 2.24) is 15.1 Å². The maximum atomic E-state index is 12.9. The summed E-state index contributed by atoms with van der Waals surface area (Å²) in [5.74, 6) is 1.06. The van der Waals surface area contributed by atoms with Crippen molar-refractivity contribution in [3.63, 3.8) is 0 Å². The zero-order valence-electron chi connectivity index (χ0n) is 19.2. The first-order chi connectivity index (χ1) is 14.9. The van der Waals surface area contributed by atoms with E-state index in [0.29, 0.717) is 23.6 Å². The number of nitrogens with one attached hydrogen (secondary N) is 1. The number of likely N-dealkylation sites (N-methyl/N-ethyl adjacent to an activating group) is 1. The first kappa shape index (κ1) is 22.9. The molecule has 0 bridgehead atoms. The maximum absolute atomic E-state index is 12.9. The number of carbonyl (C=O) groups excluding carboxylic acids is 1. The molecule has 31 heavy (non-hydrogen) atoms. The van der Waals surface area contributed by atoms with E-state index < -0.39 is 0 Å². The van der Waals surface area contributed by atoms with Crippen LogP contribution in [-0.4, -0.2) is 83.8 Å². The molecule has 1 atom stereocenters. The van der Waals surface area contributed by atoms with Gasteiger partial charge in [-0.25, -0.2) is 0 Å². The Bertz CT molecular complexity index is 839. The third-order valence-electron chi connectivity index (χ3n) is 5.84. The molecule has 7 nitrogen and oxygen atoms in total. The zero-order chi connectivity index (χ0) is 22.4. The van der Waals surface area contributed by atoms with Crippen LogP contribution in [-0.2, 0) is 0 Å². The largest absolute Gasteiger partial charge is 0.497 e. The Balaban J connectivity index is 1.77. The Labute approximate surface area is 185 Å². The van der Waals surface area contributed by atoms with E-state index in [9.17, 15) is 4.79 Å². The van der Waals surface area contributed by atoms with E-state index in [1.54, 1.807) is 32.4 Å². The molecule has 1 fully saturated rings. The second-order valence-electron chi connectivity index (χ2n) is 8.15. The number of methoxy groups -OCH3 is 2. The third-order valence-corrected chi connectivity index (χ3v) is 5.84. The standard InChI is InChI=1S/C24H34N4O3/c1-26(2)20-8-6-18(7-9-20)23(28-12-10-27(3)11-13-28)17-25-24(29)19-14-21(30-4)16-22(15-19)31-5/h6-9,14-16,23H,10-13,17H2,1-5H3,(H,25,29)/t23-/m0/s1. The Morgan fingerprint density at radius 1 is 1.00 bits per heavy atom. The number of benzene rings is 2. The topological polar surface area (TPSA) is 57.3 Å². The second-order valence-corrected chi connectivity index (χ2v) is 8.15. The minimum atomic E-state index is -0.138. The fourth-order valence-electron chi connectivity index (χ4n) is 3.82. The van der Waals surface area contributed by atoms with Crippen molar-refractivity contribution >= 4 is 11.6 Å². The summed E-state index contributed by atoms with van der Waals surface area (Å²) in [6, 6.07) is 13.9. The average molecular weight is 427 g/mol. The van der Waals surface area contributed by atoms with Crippen LogP contribution in [0.2, 0.25) is 0 Å². The lowest BCUT2D eigenvalue weighted by Gasteiger charge is -2.38. The lowest BCUT2D eigenvalue weighted by atomic mass is 10.0. The quantitative estimate of drug-likeness (QED) is 0.700. The molecule has 0 aromatic heterocycles. The van der Waals surface area contributed by atoms with E-state index in [1.165, 1.54) is 5.56 Å². The molecule has 168 valence electrons. The van der Waals surface area contributed by atoms with Gasteiger partial charge in [0.05, 0.1) is 20.3 Å². The molecule has 0 unspecified atom stereocenters. The number of nitrogens with zero attached hydrogens (tertiary/aromatic N) is 3. The average Bonchev–Trinajstić information content (AvgIpc) is 2.80. The highest BCUT2D eigenvalue weighted by Crippen LogP contribution is 2.25. The van der Waals surface area contributed by atoms with Crippen LogP contribution in [0.3, 0.4) is 0 Å². The molecule has 7 heteroatoms. The van der Waals surface area contributed by atoms with E-state index >= 15 is 0 Å². The maximum Gasteiger partial charge on any atom is 0.251 e. The van der Waals surface area contributed by atoms with E-state index in [4.69, 9.17) is 9.47 Å². The van der Waals surface area contributed by atoms with Gasteiger partial charge < -0.3 is 24.6 Å². The predicted octanol–water partition coefficient (Wildman–Crippen LogP) is 2.49. The summed E-state index contributed by atoms with van der Waals surface area (Å²) in [7, 11) is 9.38. The molecule has 1 amide bonds. The number of hydrogen-bond donors (Lipinski definition) is 1. The summed E-state index contributed by atoms with van der Waals surface area (Å²) >= 11 is 0. The molecule has 3 rings (SSSR count). The number of piperazine rings is 1. The zero-order valence-corrected chi connectivity index (χ0v) is 19.2. The molecule has 1 N–H and O–H groups in total. The first-order valence-electron chi connectivity index (χ1n) is 10.6. The van der Waals surface area contributed by atoms with Gasteiger partial charge >= 0.3 is 0 Å². The van der Waals surface area contributed by atoms with Crippen LogP contribution in [0.5, 0.6) is 11.5 Å². The van der Waals surface area contributed by atoms with Gasteiger partial charge in [0.15, 0.2) is 0 Å². The van der Waals surface area contributed by atoms with Crippen molar-refractivity contribution in [2.45, 2.75) is 6.04 Å². The van der Waals surface area contributed by atoms with E-state index in [0.717, 1.165) is 31.9 Å². The van der Waals surface area contributed by atoms with Gasteiger partial charge in [-0.1, -0.05) is 12.1 Å². The van der Waals surface area contributed by atoms with Crippen LogP contribution in [0.15, 0.2) is 42.5 Å². The highest BCUT2D eigenvalue weighted by Gasteiger charge is 2.25. The molecular formula is C24H34N4O3. The number of anilines is 1. The third kappa shape index (κ3) is 5.89. The van der Waals surface area contributed by atoms with Gasteiger partial charge in [0, 0.05) is 64.1 Å².